The lowest BCUT2D eigenvalue weighted by atomic mass is 10.3. The SMILES string of the molecule is NCCCn1c(Sc2ccc(C(=O)Nc3ccccc3)o2)nc2ccccc21. The second-order valence-electron chi connectivity index (χ2n) is 6.22. The summed E-state index contributed by atoms with van der Waals surface area (Å²) in [6, 6.07) is 20.7. The quantitative estimate of drug-likeness (QED) is 0.487. The Hall–Kier alpha value is -3.03. The van der Waals surface area contributed by atoms with Gasteiger partial charge in [0.15, 0.2) is 16.0 Å². The van der Waals surface area contributed by atoms with Crippen LogP contribution in [0, 0.1) is 0 Å². The molecule has 4 aromatic rings. The summed E-state index contributed by atoms with van der Waals surface area (Å²) >= 11 is 1.40. The van der Waals surface area contributed by atoms with Crippen LogP contribution in [0.25, 0.3) is 11.0 Å². The van der Waals surface area contributed by atoms with Gasteiger partial charge in [-0.15, -0.1) is 0 Å². The average molecular weight is 392 g/mol. The van der Waals surface area contributed by atoms with E-state index in [1.165, 1.54) is 11.8 Å². The topological polar surface area (TPSA) is 86.1 Å². The molecule has 0 aliphatic carbocycles. The first-order valence-corrected chi connectivity index (χ1v) is 9.85. The molecule has 3 N–H and O–H groups in total. The van der Waals surface area contributed by atoms with Gasteiger partial charge in [0.2, 0.25) is 0 Å². The van der Waals surface area contributed by atoms with Crippen LogP contribution >= 0.6 is 11.8 Å². The molecular formula is C21H20N4O2S. The lowest BCUT2D eigenvalue weighted by molar-refractivity contribution is 0.0992. The number of aryl methyl sites for hydroxylation is 1. The third-order valence-electron chi connectivity index (χ3n) is 4.23. The molecule has 0 saturated heterocycles. The van der Waals surface area contributed by atoms with Crippen LogP contribution in [0.15, 0.2) is 81.4 Å². The number of para-hydroxylation sites is 3. The molecule has 0 atom stereocenters. The monoisotopic (exact) mass is 392 g/mol. The number of carbonyl (C=O) groups excluding carboxylic acids is 1. The third kappa shape index (κ3) is 3.95. The van der Waals surface area contributed by atoms with E-state index < -0.39 is 0 Å². The predicted octanol–water partition coefficient (Wildman–Crippen LogP) is 4.38. The van der Waals surface area contributed by atoms with Crippen LogP contribution in [0.1, 0.15) is 17.0 Å². The number of benzene rings is 2. The number of aromatic nitrogens is 2. The molecule has 0 bridgehead atoms. The molecule has 0 aliphatic heterocycles. The molecule has 6 nitrogen and oxygen atoms in total. The van der Waals surface area contributed by atoms with Gasteiger partial charge in [0.25, 0.3) is 5.91 Å². The lowest BCUT2D eigenvalue weighted by Crippen LogP contribution is -2.10. The number of hydrogen-bond donors (Lipinski definition) is 2. The Bertz CT molecular complexity index is 1090. The summed E-state index contributed by atoms with van der Waals surface area (Å²) in [5, 5.41) is 4.25. The van der Waals surface area contributed by atoms with Gasteiger partial charge in [-0.05, 0) is 61.1 Å². The molecule has 1 amide bonds. The van der Waals surface area contributed by atoms with Crippen LogP contribution in [-0.4, -0.2) is 22.0 Å². The van der Waals surface area contributed by atoms with E-state index in [-0.39, 0.29) is 11.7 Å². The minimum atomic E-state index is -0.283. The van der Waals surface area contributed by atoms with E-state index in [2.05, 4.69) is 9.88 Å². The number of nitrogens with one attached hydrogen (secondary N) is 1. The Morgan fingerprint density at radius 3 is 2.68 bits per heavy atom. The van der Waals surface area contributed by atoms with Crippen molar-refractivity contribution in [2.45, 2.75) is 23.2 Å². The van der Waals surface area contributed by atoms with Crippen molar-refractivity contribution in [1.82, 2.24) is 9.55 Å². The molecule has 142 valence electrons. The zero-order valence-corrected chi connectivity index (χ0v) is 16.0. The van der Waals surface area contributed by atoms with Gasteiger partial charge in [0.1, 0.15) is 0 Å². The highest BCUT2D eigenvalue weighted by Crippen LogP contribution is 2.31. The lowest BCUT2D eigenvalue weighted by Gasteiger charge is -2.07. The number of rotatable bonds is 7. The van der Waals surface area contributed by atoms with Crippen molar-refractivity contribution < 1.29 is 9.21 Å². The molecule has 0 radical (unpaired) electrons. The highest BCUT2D eigenvalue weighted by Gasteiger charge is 2.16. The Morgan fingerprint density at radius 2 is 1.86 bits per heavy atom. The Balaban J connectivity index is 1.54. The van der Waals surface area contributed by atoms with Crippen LogP contribution in [0.3, 0.4) is 0 Å². The normalized spacial score (nSPS) is 11.0. The number of nitrogens with two attached hydrogens (primary N) is 1. The molecule has 7 heteroatoms. The highest BCUT2D eigenvalue weighted by atomic mass is 32.2. The van der Waals surface area contributed by atoms with Crippen LogP contribution < -0.4 is 11.1 Å². The number of fused-ring (bicyclic) bond motifs is 1. The number of imidazole rings is 1. The largest absolute Gasteiger partial charge is 0.444 e. The summed E-state index contributed by atoms with van der Waals surface area (Å²) in [4.78, 5) is 17.1. The smallest absolute Gasteiger partial charge is 0.291 e. The molecule has 28 heavy (non-hydrogen) atoms. The maximum Gasteiger partial charge on any atom is 0.291 e. The molecule has 0 aliphatic rings. The number of nitrogens with zero attached hydrogens (tertiary/aromatic N) is 2. The molecule has 0 saturated carbocycles. The van der Waals surface area contributed by atoms with E-state index in [1.807, 2.05) is 54.6 Å². The van der Waals surface area contributed by atoms with Crippen molar-refractivity contribution in [2.75, 3.05) is 11.9 Å². The second kappa shape index (κ2) is 8.33. The molecular weight excluding hydrogens is 372 g/mol. The molecule has 2 heterocycles. The molecule has 2 aromatic heterocycles. The van der Waals surface area contributed by atoms with E-state index in [0.717, 1.165) is 34.8 Å². The van der Waals surface area contributed by atoms with Crippen molar-refractivity contribution in [1.29, 1.82) is 0 Å². The van der Waals surface area contributed by atoms with Crippen LogP contribution in [0.5, 0.6) is 0 Å². The zero-order valence-electron chi connectivity index (χ0n) is 15.2. The third-order valence-corrected chi connectivity index (χ3v) is 5.15. The van der Waals surface area contributed by atoms with Crippen LogP contribution in [-0.2, 0) is 6.54 Å². The Kier molecular flexibility index (Phi) is 5.45. The van der Waals surface area contributed by atoms with Gasteiger partial charge in [-0.3, -0.25) is 4.79 Å². The Labute approximate surface area is 166 Å². The first-order chi connectivity index (χ1) is 13.7. The standard InChI is InChI=1S/C21H20N4O2S/c22-13-6-14-25-17-10-5-4-9-16(17)24-21(25)28-19-12-11-18(27-19)20(26)23-15-7-2-1-3-8-15/h1-5,7-12H,6,13-14,22H2,(H,23,26). The molecule has 0 fully saturated rings. The molecule has 0 spiro atoms. The number of anilines is 1. The van der Waals surface area contributed by atoms with Crippen molar-refractivity contribution in [3.63, 3.8) is 0 Å². The van der Waals surface area contributed by atoms with Gasteiger partial charge in [-0.1, -0.05) is 30.3 Å². The molecule has 4 rings (SSSR count). The fourth-order valence-corrected chi connectivity index (χ4v) is 3.79. The highest BCUT2D eigenvalue weighted by molar-refractivity contribution is 7.99. The van der Waals surface area contributed by atoms with E-state index in [1.54, 1.807) is 12.1 Å². The fraction of sp³-hybridized carbons (Fsp3) is 0.143. The number of hydrogen-bond acceptors (Lipinski definition) is 5. The van der Waals surface area contributed by atoms with Crippen molar-refractivity contribution >= 4 is 34.4 Å². The average Bonchev–Trinajstić information content (AvgIpc) is 3.32. The van der Waals surface area contributed by atoms with E-state index in [0.29, 0.717) is 11.6 Å². The van der Waals surface area contributed by atoms with Gasteiger partial charge >= 0.3 is 0 Å². The van der Waals surface area contributed by atoms with Gasteiger partial charge in [0.05, 0.1) is 11.0 Å². The maximum absolute atomic E-state index is 12.4. The first kappa shape index (κ1) is 18.3. The fourth-order valence-electron chi connectivity index (χ4n) is 2.90. The van der Waals surface area contributed by atoms with Crippen molar-refractivity contribution in [2.24, 2.45) is 5.73 Å². The van der Waals surface area contributed by atoms with Crippen LogP contribution in [0.4, 0.5) is 5.69 Å². The van der Waals surface area contributed by atoms with E-state index in [4.69, 9.17) is 15.1 Å². The number of carbonyl (C=O) groups is 1. The summed E-state index contributed by atoms with van der Waals surface area (Å²) < 4.78 is 7.89. The van der Waals surface area contributed by atoms with Gasteiger partial charge in [-0.25, -0.2) is 4.98 Å². The zero-order chi connectivity index (χ0) is 19.3. The first-order valence-electron chi connectivity index (χ1n) is 9.04. The minimum absolute atomic E-state index is 0.260. The van der Waals surface area contributed by atoms with Gasteiger partial charge in [-0.2, -0.15) is 0 Å². The Morgan fingerprint density at radius 1 is 1.07 bits per heavy atom. The molecule has 0 unspecified atom stereocenters. The predicted molar refractivity (Wildman–Crippen MR) is 111 cm³/mol. The van der Waals surface area contributed by atoms with Gasteiger partial charge < -0.3 is 20.0 Å². The van der Waals surface area contributed by atoms with Crippen LogP contribution in [0.2, 0.25) is 0 Å². The van der Waals surface area contributed by atoms with E-state index in [9.17, 15) is 4.79 Å². The summed E-state index contributed by atoms with van der Waals surface area (Å²) in [6.45, 7) is 1.39. The second-order valence-corrected chi connectivity index (χ2v) is 7.19. The summed E-state index contributed by atoms with van der Waals surface area (Å²) in [5.74, 6) is -0.0225. The summed E-state index contributed by atoms with van der Waals surface area (Å²) in [6.07, 6.45) is 0.858. The summed E-state index contributed by atoms with van der Waals surface area (Å²) in [5.41, 5.74) is 8.40. The van der Waals surface area contributed by atoms with Crippen molar-refractivity contribution in [3.05, 3.63) is 72.5 Å². The number of furan rings is 1. The number of amides is 1. The molecule has 2 aromatic carbocycles. The maximum atomic E-state index is 12.4. The summed E-state index contributed by atoms with van der Waals surface area (Å²) in [7, 11) is 0. The minimum Gasteiger partial charge on any atom is -0.444 e. The van der Waals surface area contributed by atoms with Crippen molar-refractivity contribution in [3.8, 4) is 0 Å². The van der Waals surface area contributed by atoms with Gasteiger partial charge in [0, 0.05) is 12.2 Å². The van der Waals surface area contributed by atoms with E-state index >= 15 is 0 Å².